The second kappa shape index (κ2) is 5.45. The lowest BCUT2D eigenvalue weighted by Crippen LogP contribution is -1.97. The zero-order valence-electron chi connectivity index (χ0n) is 11.4. The lowest BCUT2D eigenvalue weighted by molar-refractivity contribution is 0.616. The summed E-state index contributed by atoms with van der Waals surface area (Å²) in [5.41, 5.74) is 2.01. The van der Waals surface area contributed by atoms with Crippen LogP contribution in [0.4, 0.5) is 8.78 Å². The zero-order valence-corrected chi connectivity index (χ0v) is 12.2. The molecule has 0 aliphatic heterocycles. The maximum absolute atomic E-state index is 13.8. The molecule has 0 heterocycles. The predicted octanol–water partition coefficient (Wildman–Crippen LogP) is 5.75. The van der Waals surface area contributed by atoms with Crippen molar-refractivity contribution >= 4 is 22.4 Å². The highest BCUT2D eigenvalue weighted by atomic mass is 35.5. The summed E-state index contributed by atoms with van der Waals surface area (Å²) < 4.78 is 27.6. The number of fused-ring (bicyclic) bond motifs is 1. The Kier molecular flexibility index (Phi) is 3.64. The molecule has 0 fully saturated rings. The molecule has 1 unspecified atom stereocenters. The molecule has 3 aromatic rings. The summed E-state index contributed by atoms with van der Waals surface area (Å²) in [6.45, 7) is 1.70. The molecule has 0 N–H and O–H groups in total. The fourth-order valence-electron chi connectivity index (χ4n) is 2.45. The van der Waals surface area contributed by atoms with Crippen LogP contribution in [0.2, 0.25) is 0 Å². The van der Waals surface area contributed by atoms with E-state index < -0.39 is 5.38 Å². The molecule has 0 saturated carbocycles. The van der Waals surface area contributed by atoms with Crippen LogP contribution in [0.3, 0.4) is 0 Å². The maximum Gasteiger partial charge on any atom is 0.131 e. The van der Waals surface area contributed by atoms with E-state index in [0.29, 0.717) is 16.5 Å². The van der Waals surface area contributed by atoms with E-state index in [1.165, 1.54) is 12.1 Å². The maximum atomic E-state index is 13.8. The van der Waals surface area contributed by atoms with Gasteiger partial charge in [-0.2, -0.15) is 0 Å². The monoisotopic (exact) mass is 302 g/mol. The SMILES string of the molecule is Cc1ccc(C(Cl)c2ccc(F)c3ccccc23)cc1F. The first kappa shape index (κ1) is 14.0. The second-order valence-corrected chi connectivity index (χ2v) is 5.49. The molecule has 3 rings (SSSR count). The molecule has 1 atom stereocenters. The number of halogens is 3. The summed E-state index contributed by atoms with van der Waals surface area (Å²) in [6.07, 6.45) is 0. The first-order valence-electron chi connectivity index (χ1n) is 6.65. The van der Waals surface area contributed by atoms with Crippen LogP contribution in [0.1, 0.15) is 22.1 Å². The standard InChI is InChI=1S/C18H13ClF2/c1-11-6-7-12(10-17(11)21)18(19)15-8-9-16(20)14-5-3-2-4-13(14)15/h2-10,18H,1H3. The van der Waals surface area contributed by atoms with E-state index in [1.807, 2.05) is 12.1 Å². The van der Waals surface area contributed by atoms with Gasteiger partial charge < -0.3 is 0 Å². The topological polar surface area (TPSA) is 0 Å². The fourth-order valence-corrected chi connectivity index (χ4v) is 2.78. The molecule has 0 aliphatic rings. The van der Waals surface area contributed by atoms with Crippen molar-refractivity contribution in [2.24, 2.45) is 0 Å². The molecule has 0 aromatic heterocycles. The third-order valence-electron chi connectivity index (χ3n) is 3.67. The van der Waals surface area contributed by atoms with Gasteiger partial charge in [0, 0.05) is 5.39 Å². The van der Waals surface area contributed by atoms with Crippen molar-refractivity contribution in [3.8, 4) is 0 Å². The van der Waals surface area contributed by atoms with Gasteiger partial charge in [0.1, 0.15) is 11.6 Å². The highest BCUT2D eigenvalue weighted by molar-refractivity contribution is 6.23. The van der Waals surface area contributed by atoms with E-state index in [0.717, 1.165) is 10.9 Å². The molecule has 106 valence electrons. The minimum absolute atomic E-state index is 0.284. The average Bonchev–Trinajstić information content (AvgIpc) is 2.50. The van der Waals surface area contributed by atoms with E-state index >= 15 is 0 Å². The van der Waals surface area contributed by atoms with Crippen molar-refractivity contribution in [1.82, 2.24) is 0 Å². The van der Waals surface area contributed by atoms with Crippen molar-refractivity contribution < 1.29 is 8.78 Å². The number of rotatable bonds is 2. The highest BCUT2D eigenvalue weighted by Gasteiger charge is 2.16. The molecular formula is C18H13ClF2. The minimum Gasteiger partial charge on any atom is -0.207 e. The van der Waals surface area contributed by atoms with Crippen LogP contribution >= 0.6 is 11.6 Å². The molecule has 0 radical (unpaired) electrons. The van der Waals surface area contributed by atoms with Crippen molar-refractivity contribution in [3.05, 3.63) is 82.9 Å². The van der Waals surface area contributed by atoms with Crippen LogP contribution < -0.4 is 0 Å². The number of hydrogen-bond acceptors (Lipinski definition) is 0. The van der Waals surface area contributed by atoms with E-state index in [-0.39, 0.29) is 11.6 Å². The second-order valence-electron chi connectivity index (χ2n) is 5.05. The first-order valence-corrected chi connectivity index (χ1v) is 7.09. The molecule has 3 heteroatoms. The van der Waals surface area contributed by atoms with E-state index in [2.05, 4.69) is 0 Å². The molecule has 0 saturated heterocycles. The molecule has 0 aliphatic carbocycles. The Morgan fingerprint density at radius 2 is 1.57 bits per heavy atom. The van der Waals surface area contributed by atoms with Gasteiger partial charge in [-0.25, -0.2) is 8.78 Å². The Balaban J connectivity index is 2.15. The van der Waals surface area contributed by atoms with Gasteiger partial charge >= 0.3 is 0 Å². The third kappa shape index (κ3) is 2.52. The Morgan fingerprint density at radius 1 is 0.857 bits per heavy atom. The van der Waals surface area contributed by atoms with Gasteiger partial charge in [0.05, 0.1) is 5.38 Å². The van der Waals surface area contributed by atoms with Crippen molar-refractivity contribution in [3.63, 3.8) is 0 Å². The van der Waals surface area contributed by atoms with Crippen LogP contribution in [0.15, 0.2) is 54.6 Å². The fraction of sp³-hybridized carbons (Fsp3) is 0.111. The van der Waals surface area contributed by atoms with Crippen molar-refractivity contribution in [2.45, 2.75) is 12.3 Å². The average molecular weight is 303 g/mol. The Hall–Kier alpha value is -1.93. The van der Waals surface area contributed by atoms with Crippen LogP contribution in [0.5, 0.6) is 0 Å². The largest absolute Gasteiger partial charge is 0.207 e. The molecule has 0 spiro atoms. The van der Waals surface area contributed by atoms with Crippen LogP contribution in [-0.4, -0.2) is 0 Å². The summed E-state index contributed by atoms with van der Waals surface area (Å²) in [6, 6.07) is 15.2. The number of hydrogen-bond donors (Lipinski definition) is 0. The van der Waals surface area contributed by atoms with E-state index in [9.17, 15) is 8.78 Å². The van der Waals surface area contributed by atoms with E-state index in [4.69, 9.17) is 11.6 Å². The predicted molar refractivity (Wildman–Crippen MR) is 82.7 cm³/mol. The molecule has 0 amide bonds. The van der Waals surface area contributed by atoms with Gasteiger partial charge in [0.15, 0.2) is 0 Å². The van der Waals surface area contributed by atoms with Crippen molar-refractivity contribution in [2.75, 3.05) is 0 Å². The summed E-state index contributed by atoms with van der Waals surface area (Å²) in [7, 11) is 0. The van der Waals surface area contributed by atoms with E-state index in [1.54, 1.807) is 37.3 Å². The Bertz CT molecular complexity index is 811. The lowest BCUT2D eigenvalue weighted by Gasteiger charge is -2.14. The Labute approximate surface area is 127 Å². The molecule has 21 heavy (non-hydrogen) atoms. The zero-order chi connectivity index (χ0) is 15.0. The Morgan fingerprint density at radius 3 is 2.29 bits per heavy atom. The lowest BCUT2D eigenvalue weighted by atomic mass is 9.97. The number of alkyl halides is 1. The summed E-state index contributed by atoms with van der Waals surface area (Å²) in [4.78, 5) is 0. The van der Waals surface area contributed by atoms with Gasteiger partial charge in [-0.1, -0.05) is 42.5 Å². The molecule has 0 bridgehead atoms. The van der Waals surface area contributed by atoms with Gasteiger partial charge in [0.2, 0.25) is 0 Å². The normalized spacial score (nSPS) is 12.6. The first-order chi connectivity index (χ1) is 10.1. The number of benzene rings is 3. The van der Waals surface area contributed by atoms with Crippen LogP contribution in [0, 0.1) is 18.6 Å². The highest BCUT2D eigenvalue weighted by Crippen LogP contribution is 2.35. The van der Waals surface area contributed by atoms with Gasteiger partial charge in [0.25, 0.3) is 0 Å². The summed E-state index contributed by atoms with van der Waals surface area (Å²) in [5, 5.41) is 0.748. The molecular weight excluding hydrogens is 290 g/mol. The van der Waals surface area contributed by atoms with Gasteiger partial charge in [-0.15, -0.1) is 11.6 Å². The summed E-state index contributed by atoms with van der Waals surface area (Å²) in [5.74, 6) is -0.571. The van der Waals surface area contributed by atoms with Crippen LogP contribution in [-0.2, 0) is 0 Å². The van der Waals surface area contributed by atoms with Gasteiger partial charge in [-0.3, -0.25) is 0 Å². The quantitative estimate of drug-likeness (QED) is 0.528. The molecule has 0 nitrogen and oxygen atoms in total. The van der Waals surface area contributed by atoms with Gasteiger partial charge in [-0.05, 0) is 41.1 Å². The smallest absolute Gasteiger partial charge is 0.131 e. The third-order valence-corrected chi connectivity index (χ3v) is 4.15. The number of aryl methyl sites for hydroxylation is 1. The summed E-state index contributed by atoms with van der Waals surface area (Å²) >= 11 is 6.50. The van der Waals surface area contributed by atoms with Crippen LogP contribution in [0.25, 0.3) is 10.8 Å². The molecule has 3 aromatic carbocycles. The van der Waals surface area contributed by atoms with Crippen molar-refractivity contribution in [1.29, 1.82) is 0 Å². The minimum atomic E-state index is -0.523.